The molecule has 3 nitrogen and oxygen atoms in total. The van der Waals surface area contributed by atoms with E-state index in [0.29, 0.717) is 11.8 Å². The molecule has 1 rings (SSSR count). The van der Waals surface area contributed by atoms with Crippen LogP contribution < -0.4 is 0 Å². The molecule has 1 heterocycles. The van der Waals surface area contributed by atoms with Crippen molar-refractivity contribution >= 4 is 0 Å². The number of rotatable bonds is 3. The summed E-state index contributed by atoms with van der Waals surface area (Å²) in [6.45, 7) is 9.57. The third kappa shape index (κ3) is 1.84. The number of hydrogen-bond acceptors (Lipinski definition) is 2. The van der Waals surface area contributed by atoms with Crippen LogP contribution in [0.3, 0.4) is 0 Å². The minimum absolute atomic E-state index is 0.505. The fraction of sp³-hybridized carbons (Fsp3) is 0.778. The van der Waals surface area contributed by atoms with Gasteiger partial charge in [-0.2, -0.15) is 0 Å². The highest BCUT2D eigenvalue weighted by atomic mass is 15.4. The summed E-state index contributed by atoms with van der Waals surface area (Å²) < 4.78 is 1.87. The summed E-state index contributed by atoms with van der Waals surface area (Å²) in [7, 11) is 0. The summed E-state index contributed by atoms with van der Waals surface area (Å²) in [6, 6.07) is 0. The normalized spacial score (nSPS) is 13.8. The highest BCUT2D eigenvalue weighted by Crippen LogP contribution is 2.20. The number of hydrogen-bond donors (Lipinski definition) is 0. The van der Waals surface area contributed by atoms with Crippen molar-refractivity contribution in [3.63, 3.8) is 0 Å². The maximum atomic E-state index is 4.12. The number of aromatic nitrogens is 3. The first-order chi connectivity index (χ1) is 5.65. The van der Waals surface area contributed by atoms with Crippen LogP contribution in [0.4, 0.5) is 0 Å². The molecular formula is C9H17N3. The molecule has 0 saturated heterocycles. The van der Waals surface area contributed by atoms with Crippen LogP contribution in [0.15, 0.2) is 6.20 Å². The predicted octanol–water partition coefficient (Wildman–Crippen LogP) is 2.06. The Hall–Kier alpha value is -0.860. The van der Waals surface area contributed by atoms with E-state index in [1.54, 1.807) is 0 Å². The standard InChI is InChI=1S/C9H17N3/c1-5-12-6-9(10-11-12)8(4)7(2)3/h6-8H,5H2,1-4H3/t8-/m1/s1. The first-order valence-corrected chi connectivity index (χ1v) is 4.55. The highest BCUT2D eigenvalue weighted by molar-refractivity contribution is 5.01. The third-order valence-electron chi connectivity index (χ3n) is 2.35. The minimum atomic E-state index is 0.505. The molecule has 68 valence electrons. The third-order valence-corrected chi connectivity index (χ3v) is 2.35. The maximum Gasteiger partial charge on any atom is 0.0857 e. The lowest BCUT2D eigenvalue weighted by Crippen LogP contribution is -2.02. The Kier molecular flexibility index (Phi) is 2.84. The van der Waals surface area contributed by atoms with Crippen LogP contribution in [0.1, 0.15) is 39.3 Å². The van der Waals surface area contributed by atoms with E-state index < -0.39 is 0 Å². The van der Waals surface area contributed by atoms with Crippen LogP contribution in [0.2, 0.25) is 0 Å². The van der Waals surface area contributed by atoms with Gasteiger partial charge < -0.3 is 0 Å². The number of aryl methyl sites for hydroxylation is 1. The smallest absolute Gasteiger partial charge is 0.0857 e. The molecular weight excluding hydrogens is 150 g/mol. The van der Waals surface area contributed by atoms with Crippen molar-refractivity contribution in [3.05, 3.63) is 11.9 Å². The largest absolute Gasteiger partial charge is 0.253 e. The first-order valence-electron chi connectivity index (χ1n) is 4.55. The predicted molar refractivity (Wildman–Crippen MR) is 48.9 cm³/mol. The molecule has 0 aromatic carbocycles. The quantitative estimate of drug-likeness (QED) is 0.690. The summed E-state index contributed by atoms with van der Waals surface area (Å²) in [6.07, 6.45) is 2.03. The van der Waals surface area contributed by atoms with Crippen molar-refractivity contribution in [2.75, 3.05) is 0 Å². The Balaban J connectivity index is 2.74. The molecule has 1 atom stereocenters. The Labute approximate surface area is 73.8 Å². The second kappa shape index (κ2) is 3.70. The summed E-state index contributed by atoms with van der Waals surface area (Å²) in [5, 5.41) is 8.13. The molecule has 1 aromatic heterocycles. The Morgan fingerprint density at radius 3 is 2.50 bits per heavy atom. The molecule has 0 fully saturated rings. The molecule has 0 amide bonds. The van der Waals surface area contributed by atoms with Crippen LogP contribution >= 0.6 is 0 Å². The zero-order valence-electron chi connectivity index (χ0n) is 8.28. The second-order valence-corrected chi connectivity index (χ2v) is 3.53. The molecule has 0 saturated carbocycles. The van der Waals surface area contributed by atoms with E-state index in [1.165, 1.54) is 0 Å². The van der Waals surface area contributed by atoms with E-state index in [9.17, 15) is 0 Å². The van der Waals surface area contributed by atoms with Crippen molar-refractivity contribution < 1.29 is 0 Å². The van der Waals surface area contributed by atoms with Gasteiger partial charge in [0.05, 0.1) is 5.69 Å². The molecule has 0 aliphatic rings. The van der Waals surface area contributed by atoms with Crippen molar-refractivity contribution in [2.45, 2.75) is 40.2 Å². The van der Waals surface area contributed by atoms with Crippen molar-refractivity contribution in [2.24, 2.45) is 5.92 Å². The average molecular weight is 167 g/mol. The van der Waals surface area contributed by atoms with E-state index in [2.05, 4.69) is 38.0 Å². The van der Waals surface area contributed by atoms with Gasteiger partial charge in [-0.05, 0) is 12.8 Å². The lowest BCUT2D eigenvalue weighted by Gasteiger charge is -2.10. The van der Waals surface area contributed by atoms with E-state index >= 15 is 0 Å². The summed E-state index contributed by atoms with van der Waals surface area (Å²) in [5.74, 6) is 1.14. The molecule has 0 spiro atoms. The van der Waals surface area contributed by atoms with E-state index in [0.717, 1.165) is 12.2 Å². The molecule has 1 aromatic rings. The maximum absolute atomic E-state index is 4.12. The zero-order chi connectivity index (χ0) is 9.14. The summed E-state index contributed by atoms with van der Waals surface area (Å²) in [4.78, 5) is 0. The van der Waals surface area contributed by atoms with Gasteiger partial charge in [-0.3, -0.25) is 4.68 Å². The molecule has 0 aliphatic heterocycles. The van der Waals surface area contributed by atoms with Gasteiger partial charge >= 0.3 is 0 Å². The molecule has 0 N–H and O–H groups in total. The van der Waals surface area contributed by atoms with Gasteiger partial charge in [-0.15, -0.1) is 5.10 Å². The van der Waals surface area contributed by atoms with Gasteiger partial charge in [0.15, 0.2) is 0 Å². The van der Waals surface area contributed by atoms with Crippen LogP contribution in [0.25, 0.3) is 0 Å². The van der Waals surface area contributed by atoms with Crippen molar-refractivity contribution in [1.29, 1.82) is 0 Å². The van der Waals surface area contributed by atoms with Gasteiger partial charge in [0, 0.05) is 18.7 Å². The van der Waals surface area contributed by atoms with Crippen LogP contribution in [0, 0.1) is 5.92 Å². The topological polar surface area (TPSA) is 30.7 Å². The molecule has 12 heavy (non-hydrogen) atoms. The molecule has 0 bridgehead atoms. The molecule has 0 radical (unpaired) electrons. The fourth-order valence-electron chi connectivity index (χ4n) is 1.02. The van der Waals surface area contributed by atoms with Crippen LogP contribution in [0.5, 0.6) is 0 Å². The minimum Gasteiger partial charge on any atom is -0.253 e. The highest BCUT2D eigenvalue weighted by Gasteiger charge is 2.12. The Bertz CT molecular complexity index is 240. The van der Waals surface area contributed by atoms with E-state index in [1.807, 2.05) is 10.9 Å². The Morgan fingerprint density at radius 2 is 2.08 bits per heavy atom. The second-order valence-electron chi connectivity index (χ2n) is 3.53. The van der Waals surface area contributed by atoms with Crippen LogP contribution in [-0.4, -0.2) is 15.0 Å². The number of nitrogens with zero attached hydrogens (tertiary/aromatic N) is 3. The fourth-order valence-corrected chi connectivity index (χ4v) is 1.02. The first kappa shape index (κ1) is 9.23. The zero-order valence-corrected chi connectivity index (χ0v) is 8.28. The molecule has 0 aliphatic carbocycles. The summed E-state index contributed by atoms with van der Waals surface area (Å²) >= 11 is 0. The van der Waals surface area contributed by atoms with Gasteiger partial charge in [0.25, 0.3) is 0 Å². The monoisotopic (exact) mass is 167 g/mol. The van der Waals surface area contributed by atoms with Crippen LogP contribution in [-0.2, 0) is 6.54 Å². The van der Waals surface area contributed by atoms with Gasteiger partial charge in [-0.1, -0.05) is 26.0 Å². The van der Waals surface area contributed by atoms with E-state index in [4.69, 9.17) is 0 Å². The van der Waals surface area contributed by atoms with Crippen molar-refractivity contribution in [1.82, 2.24) is 15.0 Å². The van der Waals surface area contributed by atoms with Gasteiger partial charge in [0.1, 0.15) is 0 Å². The van der Waals surface area contributed by atoms with Gasteiger partial charge in [-0.25, -0.2) is 0 Å². The van der Waals surface area contributed by atoms with E-state index in [-0.39, 0.29) is 0 Å². The lowest BCUT2D eigenvalue weighted by molar-refractivity contribution is 0.522. The van der Waals surface area contributed by atoms with Gasteiger partial charge in [0.2, 0.25) is 0 Å². The SMILES string of the molecule is CCn1cc([C@H](C)C(C)C)nn1. The Morgan fingerprint density at radius 1 is 1.42 bits per heavy atom. The average Bonchev–Trinajstić information content (AvgIpc) is 2.50. The van der Waals surface area contributed by atoms with Crippen molar-refractivity contribution in [3.8, 4) is 0 Å². The molecule has 3 heteroatoms. The summed E-state index contributed by atoms with van der Waals surface area (Å²) in [5.41, 5.74) is 1.10. The lowest BCUT2D eigenvalue weighted by atomic mass is 9.95. The molecule has 0 unspecified atom stereocenters.